The second kappa shape index (κ2) is 6.41. The maximum Gasteiger partial charge on any atom is 0.0409 e. The lowest BCUT2D eigenvalue weighted by molar-refractivity contribution is 0.641. The number of nitrogens with two attached hydrogens (primary N) is 1. The average Bonchev–Trinajstić information content (AvgIpc) is 2.22. The van der Waals surface area contributed by atoms with Gasteiger partial charge in [-0.05, 0) is 42.4 Å². The summed E-state index contributed by atoms with van der Waals surface area (Å²) in [6.07, 6.45) is 1.92. The van der Waals surface area contributed by atoms with E-state index in [9.17, 15) is 0 Å². The Morgan fingerprint density at radius 3 is 2.73 bits per heavy atom. The quantitative estimate of drug-likeness (QED) is 0.798. The Kier molecular flexibility index (Phi) is 5.51. The highest BCUT2D eigenvalue weighted by atomic mass is 35.5. The van der Waals surface area contributed by atoms with E-state index in [0.29, 0.717) is 0 Å². The first-order valence-electron chi connectivity index (χ1n) is 5.34. The summed E-state index contributed by atoms with van der Waals surface area (Å²) in [7, 11) is 0. The SMILES string of the molecule is CCSc1ccc(Cl)cc1CC(N)CC. The first-order valence-corrected chi connectivity index (χ1v) is 6.70. The van der Waals surface area contributed by atoms with Gasteiger partial charge in [0.05, 0.1) is 0 Å². The van der Waals surface area contributed by atoms with E-state index >= 15 is 0 Å². The average molecular weight is 244 g/mol. The lowest BCUT2D eigenvalue weighted by atomic mass is 10.0. The largest absolute Gasteiger partial charge is 0.327 e. The zero-order chi connectivity index (χ0) is 11.3. The Morgan fingerprint density at radius 2 is 2.13 bits per heavy atom. The minimum Gasteiger partial charge on any atom is -0.327 e. The fourth-order valence-corrected chi connectivity index (χ4v) is 2.43. The molecule has 0 spiro atoms. The van der Waals surface area contributed by atoms with Crippen LogP contribution in [0.4, 0.5) is 0 Å². The van der Waals surface area contributed by atoms with Gasteiger partial charge in [-0.3, -0.25) is 0 Å². The lowest BCUT2D eigenvalue weighted by Crippen LogP contribution is -2.21. The maximum absolute atomic E-state index is 5.99. The van der Waals surface area contributed by atoms with Gasteiger partial charge in [-0.2, -0.15) is 0 Å². The van der Waals surface area contributed by atoms with Crippen LogP contribution >= 0.6 is 23.4 Å². The minimum atomic E-state index is 0.236. The summed E-state index contributed by atoms with van der Waals surface area (Å²) in [4.78, 5) is 1.31. The van der Waals surface area contributed by atoms with Crippen LogP contribution in [-0.2, 0) is 6.42 Å². The summed E-state index contributed by atoms with van der Waals surface area (Å²) in [5, 5.41) is 0.800. The van der Waals surface area contributed by atoms with Crippen molar-refractivity contribution in [3.05, 3.63) is 28.8 Å². The maximum atomic E-state index is 5.99. The van der Waals surface area contributed by atoms with Crippen molar-refractivity contribution < 1.29 is 0 Å². The van der Waals surface area contributed by atoms with Gasteiger partial charge in [0, 0.05) is 16.0 Å². The summed E-state index contributed by atoms with van der Waals surface area (Å²) in [5.74, 6) is 1.08. The van der Waals surface area contributed by atoms with Gasteiger partial charge in [-0.15, -0.1) is 11.8 Å². The fourth-order valence-electron chi connectivity index (χ4n) is 1.43. The number of rotatable bonds is 5. The fraction of sp³-hybridized carbons (Fsp3) is 0.500. The summed E-state index contributed by atoms with van der Waals surface area (Å²) in [5.41, 5.74) is 7.25. The Morgan fingerprint density at radius 1 is 1.40 bits per heavy atom. The predicted molar refractivity (Wildman–Crippen MR) is 69.8 cm³/mol. The molecule has 0 fully saturated rings. The molecule has 0 saturated heterocycles. The summed E-state index contributed by atoms with van der Waals surface area (Å²) < 4.78 is 0. The number of thioether (sulfide) groups is 1. The molecule has 15 heavy (non-hydrogen) atoms. The number of benzene rings is 1. The van der Waals surface area contributed by atoms with Gasteiger partial charge in [0.1, 0.15) is 0 Å². The molecule has 1 aromatic rings. The van der Waals surface area contributed by atoms with Gasteiger partial charge >= 0.3 is 0 Å². The van der Waals surface area contributed by atoms with Crippen molar-refractivity contribution in [3.63, 3.8) is 0 Å². The van der Waals surface area contributed by atoms with Crippen LogP contribution in [0.2, 0.25) is 5.02 Å². The molecule has 0 radical (unpaired) electrons. The molecule has 0 aliphatic rings. The highest BCUT2D eigenvalue weighted by molar-refractivity contribution is 7.99. The highest BCUT2D eigenvalue weighted by Crippen LogP contribution is 2.26. The van der Waals surface area contributed by atoms with Crippen LogP contribution in [0.25, 0.3) is 0 Å². The van der Waals surface area contributed by atoms with E-state index in [2.05, 4.69) is 19.9 Å². The van der Waals surface area contributed by atoms with E-state index in [-0.39, 0.29) is 6.04 Å². The third-order valence-electron chi connectivity index (χ3n) is 2.33. The standard InChI is InChI=1S/C12H18ClNS/c1-3-11(14)8-9-7-10(13)5-6-12(9)15-4-2/h5-7,11H,3-4,8,14H2,1-2H3. The first kappa shape index (κ1) is 12.9. The van der Waals surface area contributed by atoms with Crippen molar-refractivity contribution in [3.8, 4) is 0 Å². The van der Waals surface area contributed by atoms with E-state index in [1.165, 1.54) is 10.5 Å². The predicted octanol–water partition coefficient (Wildman–Crippen LogP) is 3.73. The minimum absolute atomic E-state index is 0.236. The molecule has 2 N–H and O–H groups in total. The van der Waals surface area contributed by atoms with Crippen LogP contribution in [-0.4, -0.2) is 11.8 Å². The van der Waals surface area contributed by atoms with Crippen molar-refractivity contribution >= 4 is 23.4 Å². The normalized spacial score (nSPS) is 12.8. The molecule has 1 rings (SSSR count). The third-order valence-corrected chi connectivity index (χ3v) is 3.56. The third kappa shape index (κ3) is 4.06. The van der Waals surface area contributed by atoms with Crippen LogP contribution in [0.5, 0.6) is 0 Å². The number of hydrogen-bond donors (Lipinski definition) is 1. The van der Waals surface area contributed by atoms with Gasteiger partial charge in [0.15, 0.2) is 0 Å². The molecule has 0 saturated carbocycles. The molecule has 1 unspecified atom stereocenters. The van der Waals surface area contributed by atoms with Gasteiger partial charge in [0.2, 0.25) is 0 Å². The molecular weight excluding hydrogens is 226 g/mol. The van der Waals surface area contributed by atoms with E-state index in [1.807, 2.05) is 23.9 Å². The lowest BCUT2D eigenvalue weighted by Gasteiger charge is -2.13. The van der Waals surface area contributed by atoms with Crippen LogP contribution < -0.4 is 5.73 Å². The van der Waals surface area contributed by atoms with Crippen molar-refractivity contribution in [2.75, 3.05) is 5.75 Å². The van der Waals surface area contributed by atoms with Crippen LogP contribution in [0.3, 0.4) is 0 Å². The molecular formula is C12H18ClNS. The van der Waals surface area contributed by atoms with Crippen LogP contribution in [0.1, 0.15) is 25.8 Å². The van der Waals surface area contributed by atoms with E-state index in [1.54, 1.807) is 0 Å². The molecule has 0 bridgehead atoms. The Bertz CT molecular complexity index is 314. The Balaban J connectivity index is 2.86. The molecule has 1 atom stereocenters. The molecule has 0 aliphatic heterocycles. The van der Waals surface area contributed by atoms with Crippen LogP contribution in [0, 0.1) is 0 Å². The molecule has 0 aromatic heterocycles. The summed E-state index contributed by atoms with van der Waals surface area (Å²) in [6, 6.07) is 6.31. The zero-order valence-corrected chi connectivity index (χ0v) is 10.9. The van der Waals surface area contributed by atoms with E-state index in [0.717, 1.165) is 23.6 Å². The van der Waals surface area contributed by atoms with Gasteiger partial charge in [0.25, 0.3) is 0 Å². The second-order valence-corrected chi connectivity index (χ2v) is 5.30. The van der Waals surface area contributed by atoms with Crippen molar-refractivity contribution in [1.82, 2.24) is 0 Å². The molecule has 1 aromatic carbocycles. The second-order valence-electron chi connectivity index (χ2n) is 3.56. The molecule has 0 amide bonds. The highest BCUT2D eigenvalue weighted by Gasteiger charge is 2.07. The smallest absolute Gasteiger partial charge is 0.0409 e. The van der Waals surface area contributed by atoms with Gasteiger partial charge in [-0.25, -0.2) is 0 Å². The summed E-state index contributed by atoms with van der Waals surface area (Å²) >= 11 is 7.84. The van der Waals surface area contributed by atoms with Gasteiger partial charge in [-0.1, -0.05) is 25.4 Å². The Hall–Kier alpha value is -0.180. The van der Waals surface area contributed by atoms with Gasteiger partial charge < -0.3 is 5.73 Å². The van der Waals surface area contributed by atoms with E-state index < -0.39 is 0 Å². The van der Waals surface area contributed by atoms with Crippen molar-refractivity contribution in [1.29, 1.82) is 0 Å². The van der Waals surface area contributed by atoms with E-state index in [4.69, 9.17) is 17.3 Å². The first-order chi connectivity index (χ1) is 7.17. The summed E-state index contributed by atoms with van der Waals surface area (Å²) in [6.45, 7) is 4.27. The molecule has 3 heteroatoms. The Labute approximate surface area is 101 Å². The topological polar surface area (TPSA) is 26.0 Å². The molecule has 1 nitrogen and oxygen atoms in total. The van der Waals surface area contributed by atoms with Crippen molar-refractivity contribution in [2.45, 2.75) is 37.6 Å². The molecule has 0 aliphatic carbocycles. The number of halogens is 1. The molecule has 84 valence electrons. The zero-order valence-electron chi connectivity index (χ0n) is 9.29. The molecule has 0 heterocycles. The van der Waals surface area contributed by atoms with Crippen molar-refractivity contribution in [2.24, 2.45) is 5.73 Å². The number of hydrogen-bond acceptors (Lipinski definition) is 2. The monoisotopic (exact) mass is 243 g/mol. The van der Waals surface area contributed by atoms with Crippen LogP contribution in [0.15, 0.2) is 23.1 Å².